The van der Waals surface area contributed by atoms with Gasteiger partial charge in [0.2, 0.25) is 11.8 Å². The van der Waals surface area contributed by atoms with E-state index in [-0.39, 0.29) is 31.0 Å². The zero-order valence-corrected chi connectivity index (χ0v) is 17.0. The molecule has 6 nitrogen and oxygen atoms in total. The van der Waals surface area contributed by atoms with Gasteiger partial charge in [-0.2, -0.15) is 0 Å². The summed E-state index contributed by atoms with van der Waals surface area (Å²) in [5, 5.41) is 9.91. The van der Waals surface area contributed by atoms with Crippen molar-refractivity contribution in [2.45, 2.75) is 38.8 Å². The number of halogens is 1. The number of aliphatic hydroxyl groups is 1. The zero-order valence-electron chi connectivity index (χ0n) is 16.2. The zero-order chi connectivity index (χ0) is 20.0. The maximum absolute atomic E-state index is 13.4. The van der Waals surface area contributed by atoms with E-state index in [1.807, 2.05) is 32.0 Å². The van der Waals surface area contributed by atoms with E-state index in [1.165, 1.54) is 0 Å². The average molecular weight is 397 g/mol. The maximum Gasteiger partial charge on any atom is 0.228 e. The number of ether oxygens (including phenoxy) is 1. The van der Waals surface area contributed by atoms with E-state index < -0.39 is 12.0 Å². The highest BCUT2D eigenvalue weighted by Gasteiger charge is 2.42. The summed E-state index contributed by atoms with van der Waals surface area (Å²) < 4.78 is 5.17. The fraction of sp³-hybridized carbons (Fsp3) is 0.600. The van der Waals surface area contributed by atoms with Gasteiger partial charge in [-0.05, 0) is 31.9 Å². The molecule has 0 bridgehead atoms. The third kappa shape index (κ3) is 5.00. The predicted molar refractivity (Wildman–Crippen MR) is 104 cm³/mol. The van der Waals surface area contributed by atoms with Gasteiger partial charge in [0.05, 0.1) is 25.2 Å². The number of nitrogens with zero attached hydrogens (tertiary/aromatic N) is 2. The SMILES string of the molecule is COCCN1C(=O)CC[C@@H](C(=O)N(CCO)C(C)C)[C@@H]1c1ccccc1Cl. The smallest absolute Gasteiger partial charge is 0.228 e. The van der Waals surface area contributed by atoms with Gasteiger partial charge in [-0.1, -0.05) is 29.8 Å². The van der Waals surface area contributed by atoms with E-state index in [2.05, 4.69) is 0 Å². The minimum Gasteiger partial charge on any atom is -0.395 e. The van der Waals surface area contributed by atoms with Crippen LogP contribution in [0.5, 0.6) is 0 Å². The lowest BCUT2D eigenvalue weighted by Gasteiger charge is -2.43. The monoisotopic (exact) mass is 396 g/mol. The van der Waals surface area contributed by atoms with Crippen molar-refractivity contribution in [3.63, 3.8) is 0 Å². The summed E-state index contributed by atoms with van der Waals surface area (Å²) in [4.78, 5) is 29.4. The second-order valence-corrected chi connectivity index (χ2v) is 7.45. The van der Waals surface area contributed by atoms with E-state index >= 15 is 0 Å². The molecular weight excluding hydrogens is 368 g/mol. The number of carbonyl (C=O) groups excluding carboxylic acids is 2. The number of rotatable bonds is 8. The standard InChI is InChI=1S/C20H29ClN2O4/c1-14(2)22(10-12-24)20(26)16-8-9-18(25)23(11-13-27-3)19(16)15-6-4-5-7-17(15)21/h4-7,14,16,19,24H,8-13H2,1-3H3/t16-,19+/m1/s1. The second kappa shape index (κ2) is 10.1. The number of methoxy groups -OCH3 is 1. The second-order valence-electron chi connectivity index (χ2n) is 7.04. The summed E-state index contributed by atoms with van der Waals surface area (Å²) in [6.07, 6.45) is 0.776. The summed E-state index contributed by atoms with van der Waals surface area (Å²) >= 11 is 6.44. The summed E-state index contributed by atoms with van der Waals surface area (Å²) in [5.41, 5.74) is 0.773. The Bertz CT molecular complexity index is 653. The Morgan fingerprint density at radius 2 is 2.11 bits per heavy atom. The van der Waals surface area contributed by atoms with Crippen LogP contribution < -0.4 is 0 Å². The fourth-order valence-electron chi connectivity index (χ4n) is 3.71. The first-order chi connectivity index (χ1) is 12.9. The largest absolute Gasteiger partial charge is 0.395 e. The predicted octanol–water partition coefficient (Wildman–Crippen LogP) is 2.50. The molecule has 0 aliphatic carbocycles. The molecule has 27 heavy (non-hydrogen) atoms. The number of hydrogen-bond acceptors (Lipinski definition) is 4. The molecule has 1 aromatic rings. The number of carbonyl (C=O) groups is 2. The highest BCUT2D eigenvalue weighted by atomic mass is 35.5. The van der Waals surface area contributed by atoms with Gasteiger partial charge in [0, 0.05) is 37.7 Å². The first-order valence-corrected chi connectivity index (χ1v) is 9.74. The van der Waals surface area contributed by atoms with Gasteiger partial charge in [0.25, 0.3) is 0 Å². The van der Waals surface area contributed by atoms with Gasteiger partial charge in [0.15, 0.2) is 0 Å². The summed E-state index contributed by atoms with van der Waals surface area (Å²) in [7, 11) is 1.59. The van der Waals surface area contributed by atoms with Crippen molar-refractivity contribution in [2.24, 2.45) is 5.92 Å². The van der Waals surface area contributed by atoms with E-state index in [0.717, 1.165) is 5.56 Å². The first-order valence-electron chi connectivity index (χ1n) is 9.36. The molecule has 1 saturated heterocycles. The van der Waals surface area contributed by atoms with Gasteiger partial charge in [-0.15, -0.1) is 0 Å². The molecule has 150 valence electrons. The summed E-state index contributed by atoms with van der Waals surface area (Å²) in [5.74, 6) is -0.466. The number of aliphatic hydroxyl groups excluding tert-OH is 1. The molecule has 0 saturated carbocycles. The minimum absolute atomic E-state index is 0.000671. The lowest BCUT2D eigenvalue weighted by atomic mass is 9.83. The van der Waals surface area contributed by atoms with Gasteiger partial charge in [-0.3, -0.25) is 9.59 Å². The third-order valence-electron chi connectivity index (χ3n) is 5.03. The van der Waals surface area contributed by atoms with Crippen LogP contribution in [0.3, 0.4) is 0 Å². The Balaban J connectivity index is 2.45. The summed E-state index contributed by atoms with van der Waals surface area (Å²) in [6, 6.07) is 6.87. The molecule has 0 aromatic heterocycles. The fourth-order valence-corrected chi connectivity index (χ4v) is 3.96. The topological polar surface area (TPSA) is 70.1 Å². The Kier molecular flexibility index (Phi) is 8.07. The van der Waals surface area contributed by atoms with Gasteiger partial charge >= 0.3 is 0 Å². The van der Waals surface area contributed by atoms with Gasteiger partial charge in [-0.25, -0.2) is 0 Å². The Labute approximate surface area is 166 Å². The summed E-state index contributed by atoms with van der Waals surface area (Å²) in [6.45, 7) is 4.81. The van der Waals surface area contributed by atoms with Crippen molar-refractivity contribution in [2.75, 3.05) is 33.4 Å². The Morgan fingerprint density at radius 1 is 1.41 bits per heavy atom. The molecule has 1 heterocycles. The molecule has 1 fully saturated rings. The number of piperidine rings is 1. The number of benzene rings is 1. The molecule has 0 unspecified atom stereocenters. The van der Waals surface area contributed by atoms with Gasteiger partial charge < -0.3 is 19.6 Å². The van der Waals surface area contributed by atoms with Crippen molar-refractivity contribution in [1.82, 2.24) is 9.80 Å². The first kappa shape index (κ1) is 21.7. The van der Waals surface area contributed by atoms with Crippen LogP contribution in [0.15, 0.2) is 24.3 Å². The van der Waals surface area contributed by atoms with Crippen molar-refractivity contribution < 1.29 is 19.4 Å². The average Bonchev–Trinajstić information content (AvgIpc) is 2.64. The highest BCUT2D eigenvalue weighted by Crippen LogP contribution is 2.40. The van der Waals surface area contributed by atoms with E-state index in [1.54, 1.807) is 23.0 Å². The van der Waals surface area contributed by atoms with Crippen LogP contribution >= 0.6 is 11.6 Å². The highest BCUT2D eigenvalue weighted by molar-refractivity contribution is 6.31. The third-order valence-corrected chi connectivity index (χ3v) is 5.38. The normalized spacial score (nSPS) is 20.2. The van der Waals surface area contributed by atoms with Crippen LogP contribution in [0, 0.1) is 5.92 Å². The van der Waals surface area contributed by atoms with Crippen LogP contribution in [-0.4, -0.2) is 66.2 Å². The number of hydrogen-bond donors (Lipinski definition) is 1. The number of amides is 2. The molecule has 2 atom stereocenters. The molecule has 2 rings (SSSR count). The van der Waals surface area contributed by atoms with E-state index in [9.17, 15) is 14.7 Å². The van der Waals surface area contributed by atoms with Crippen LogP contribution in [-0.2, 0) is 14.3 Å². The quantitative estimate of drug-likeness (QED) is 0.732. The number of likely N-dealkylation sites (tertiary alicyclic amines) is 1. The lowest BCUT2D eigenvalue weighted by molar-refractivity contribution is -0.150. The minimum atomic E-state index is -0.442. The van der Waals surface area contributed by atoms with Crippen LogP contribution in [0.1, 0.15) is 38.3 Å². The van der Waals surface area contributed by atoms with Crippen molar-refractivity contribution >= 4 is 23.4 Å². The maximum atomic E-state index is 13.4. The van der Waals surface area contributed by atoms with Crippen LogP contribution in [0.25, 0.3) is 0 Å². The molecule has 1 N–H and O–H groups in total. The molecular formula is C20H29ClN2O4. The molecule has 1 aromatic carbocycles. The Morgan fingerprint density at radius 3 is 2.70 bits per heavy atom. The Hall–Kier alpha value is -1.63. The molecule has 1 aliphatic rings. The van der Waals surface area contributed by atoms with E-state index in [4.69, 9.17) is 16.3 Å². The molecule has 0 spiro atoms. The molecule has 7 heteroatoms. The van der Waals surface area contributed by atoms with Crippen molar-refractivity contribution in [1.29, 1.82) is 0 Å². The van der Waals surface area contributed by atoms with Crippen molar-refractivity contribution in [3.8, 4) is 0 Å². The lowest BCUT2D eigenvalue weighted by Crippen LogP contribution is -2.51. The molecule has 1 aliphatic heterocycles. The van der Waals surface area contributed by atoms with E-state index in [0.29, 0.717) is 31.0 Å². The van der Waals surface area contributed by atoms with Crippen molar-refractivity contribution in [3.05, 3.63) is 34.9 Å². The van der Waals surface area contributed by atoms with Crippen LogP contribution in [0.2, 0.25) is 5.02 Å². The molecule has 0 radical (unpaired) electrons. The van der Waals surface area contributed by atoms with Crippen LogP contribution in [0.4, 0.5) is 0 Å². The molecule has 2 amide bonds. The van der Waals surface area contributed by atoms with Gasteiger partial charge in [0.1, 0.15) is 0 Å².